The molecule has 7 heteroatoms. The van der Waals surface area contributed by atoms with E-state index in [9.17, 15) is 14.7 Å². The minimum atomic E-state index is -0.937. The van der Waals surface area contributed by atoms with Gasteiger partial charge in [-0.25, -0.2) is 0 Å². The molecule has 0 saturated carbocycles. The van der Waals surface area contributed by atoms with Crippen molar-refractivity contribution in [1.29, 1.82) is 0 Å². The second-order valence-corrected chi connectivity index (χ2v) is 5.38. The molecule has 1 N–H and O–H groups in total. The number of carboxylic acids is 1. The first-order valence-corrected chi connectivity index (χ1v) is 7.20. The molecule has 1 aromatic heterocycles. The van der Waals surface area contributed by atoms with Crippen LogP contribution in [-0.2, 0) is 9.53 Å². The third-order valence-corrected chi connectivity index (χ3v) is 3.96. The molecule has 6 nitrogen and oxygen atoms in total. The molecule has 0 aliphatic carbocycles. The van der Waals surface area contributed by atoms with Crippen molar-refractivity contribution in [1.82, 2.24) is 4.90 Å². The van der Waals surface area contributed by atoms with Gasteiger partial charge in [-0.2, -0.15) is 0 Å². The maximum absolute atomic E-state index is 12.6. The number of carbonyl (C=O) groups is 2. The summed E-state index contributed by atoms with van der Waals surface area (Å²) in [6.07, 6.45) is 2.16. The number of amides is 1. The highest BCUT2D eigenvalue weighted by atomic mass is 79.9. The maximum Gasteiger partial charge on any atom is 0.311 e. The lowest BCUT2D eigenvalue weighted by atomic mass is 10.0. The number of furan rings is 1. The quantitative estimate of drug-likeness (QED) is 0.882. The van der Waals surface area contributed by atoms with Crippen LogP contribution in [0.3, 0.4) is 0 Å². The summed E-state index contributed by atoms with van der Waals surface area (Å²) < 4.78 is 10.7. The van der Waals surface area contributed by atoms with Crippen LogP contribution in [0, 0.1) is 5.92 Å². The van der Waals surface area contributed by atoms with Gasteiger partial charge in [0.1, 0.15) is 5.92 Å². The Balaban J connectivity index is 2.24. The summed E-state index contributed by atoms with van der Waals surface area (Å²) in [6, 6.07) is 1.13. The highest BCUT2D eigenvalue weighted by Crippen LogP contribution is 2.25. The summed E-state index contributed by atoms with van der Waals surface area (Å²) in [5.41, 5.74) is 0.398. The molecule has 2 heterocycles. The number of rotatable bonds is 5. The topological polar surface area (TPSA) is 80.0 Å². The Kier molecular flexibility index (Phi) is 4.82. The molecule has 1 saturated heterocycles. The number of hydrogen-bond donors (Lipinski definition) is 1. The van der Waals surface area contributed by atoms with Crippen LogP contribution in [-0.4, -0.2) is 47.7 Å². The average Bonchev–Trinajstić information content (AvgIpc) is 3.03. The van der Waals surface area contributed by atoms with E-state index in [0.29, 0.717) is 16.8 Å². The van der Waals surface area contributed by atoms with E-state index in [2.05, 4.69) is 15.9 Å². The normalized spacial score (nSPS) is 21.9. The third-order valence-electron chi connectivity index (χ3n) is 3.34. The van der Waals surface area contributed by atoms with Crippen molar-refractivity contribution in [3.8, 4) is 0 Å². The second-order valence-electron chi connectivity index (χ2n) is 4.66. The lowest BCUT2D eigenvalue weighted by Crippen LogP contribution is -2.47. The van der Waals surface area contributed by atoms with Crippen LogP contribution in [0.15, 0.2) is 21.4 Å². The Hall–Kier alpha value is -1.34. The van der Waals surface area contributed by atoms with E-state index in [1.54, 1.807) is 11.0 Å². The summed E-state index contributed by atoms with van der Waals surface area (Å²) in [5, 5.41) is 9.22. The summed E-state index contributed by atoms with van der Waals surface area (Å²) in [5.74, 6) is -1.86. The average molecular weight is 346 g/mol. The van der Waals surface area contributed by atoms with Crippen molar-refractivity contribution < 1.29 is 23.8 Å². The van der Waals surface area contributed by atoms with E-state index in [-0.39, 0.29) is 19.1 Å². The minimum absolute atomic E-state index is 0.139. The molecule has 1 fully saturated rings. The summed E-state index contributed by atoms with van der Waals surface area (Å²) in [6.45, 7) is 2.81. The van der Waals surface area contributed by atoms with E-state index in [1.807, 2.05) is 6.92 Å². The number of nitrogens with zero attached hydrogens (tertiary/aromatic N) is 1. The third kappa shape index (κ3) is 2.88. The van der Waals surface area contributed by atoms with Crippen molar-refractivity contribution in [3.05, 3.63) is 22.6 Å². The Morgan fingerprint density at radius 3 is 2.80 bits per heavy atom. The molecule has 1 aliphatic heterocycles. The zero-order valence-electron chi connectivity index (χ0n) is 11.0. The molecule has 1 aromatic rings. The molecule has 2 atom stereocenters. The highest BCUT2D eigenvalue weighted by Gasteiger charge is 2.40. The van der Waals surface area contributed by atoms with Crippen molar-refractivity contribution in [2.45, 2.75) is 19.4 Å². The molecule has 0 spiro atoms. The van der Waals surface area contributed by atoms with Gasteiger partial charge >= 0.3 is 5.97 Å². The van der Waals surface area contributed by atoms with E-state index in [0.717, 1.165) is 6.42 Å². The predicted molar refractivity (Wildman–Crippen MR) is 73.5 cm³/mol. The maximum atomic E-state index is 12.6. The van der Waals surface area contributed by atoms with Crippen LogP contribution in [0.2, 0.25) is 0 Å². The van der Waals surface area contributed by atoms with E-state index < -0.39 is 17.9 Å². The summed E-state index contributed by atoms with van der Waals surface area (Å²) in [7, 11) is 0. The fourth-order valence-electron chi connectivity index (χ4n) is 2.35. The Morgan fingerprint density at radius 2 is 2.25 bits per heavy atom. The van der Waals surface area contributed by atoms with Gasteiger partial charge in [-0.15, -0.1) is 0 Å². The fourth-order valence-corrected chi connectivity index (χ4v) is 2.76. The van der Waals surface area contributed by atoms with Gasteiger partial charge in [0.25, 0.3) is 5.91 Å². The number of aliphatic carboxylic acids is 1. The number of hydrogen-bond acceptors (Lipinski definition) is 4. The lowest BCUT2D eigenvalue weighted by Gasteiger charge is -2.30. The van der Waals surface area contributed by atoms with E-state index in [1.165, 1.54) is 6.26 Å². The van der Waals surface area contributed by atoms with Gasteiger partial charge in [0.15, 0.2) is 4.67 Å². The summed E-state index contributed by atoms with van der Waals surface area (Å²) in [4.78, 5) is 25.4. The van der Waals surface area contributed by atoms with Crippen LogP contribution in [0.25, 0.3) is 0 Å². The standard InChI is InChI=1S/C13H16BrNO5/c1-2-4-15(10-7-19-6-9(10)13(17)18)12(16)8-3-5-20-11(8)14/h3,5,9-10H,2,4,6-7H2,1H3,(H,17,18). The molecule has 0 aromatic carbocycles. The number of ether oxygens (including phenoxy) is 1. The lowest BCUT2D eigenvalue weighted by molar-refractivity contribution is -0.142. The van der Waals surface area contributed by atoms with Crippen molar-refractivity contribution >= 4 is 27.8 Å². The van der Waals surface area contributed by atoms with Gasteiger partial charge in [0, 0.05) is 6.54 Å². The Morgan fingerprint density at radius 1 is 1.50 bits per heavy atom. The summed E-state index contributed by atoms with van der Waals surface area (Å²) >= 11 is 3.18. The Bertz CT molecular complexity index is 501. The SMILES string of the molecule is CCCN(C(=O)c1ccoc1Br)C1COCC1C(=O)O. The molecule has 2 unspecified atom stereocenters. The van der Waals surface area contributed by atoms with Crippen LogP contribution in [0.5, 0.6) is 0 Å². The molecular weight excluding hydrogens is 330 g/mol. The molecule has 1 amide bonds. The largest absolute Gasteiger partial charge is 0.481 e. The molecule has 110 valence electrons. The Labute approximate surface area is 124 Å². The highest BCUT2D eigenvalue weighted by molar-refractivity contribution is 9.10. The van der Waals surface area contributed by atoms with E-state index >= 15 is 0 Å². The van der Waals surface area contributed by atoms with Gasteiger partial charge in [-0.3, -0.25) is 9.59 Å². The molecule has 0 bridgehead atoms. The second kappa shape index (κ2) is 6.41. The van der Waals surface area contributed by atoms with Crippen molar-refractivity contribution in [3.63, 3.8) is 0 Å². The monoisotopic (exact) mass is 345 g/mol. The number of halogens is 1. The van der Waals surface area contributed by atoms with Crippen molar-refractivity contribution in [2.75, 3.05) is 19.8 Å². The van der Waals surface area contributed by atoms with Gasteiger partial charge in [-0.1, -0.05) is 6.92 Å². The van der Waals surface area contributed by atoms with Crippen LogP contribution in [0.4, 0.5) is 0 Å². The van der Waals surface area contributed by atoms with Crippen LogP contribution >= 0.6 is 15.9 Å². The van der Waals surface area contributed by atoms with Crippen LogP contribution < -0.4 is 0 Å². The zero-order valence-corrected chi connectivity index (χ0v) is 12.6. The first kappa shape index (κ1) is 15.1. The smallest absolute Gasteiger partial charge is 0.311 e. The minimum Gasteiger partial charge on any atom is -0.481 e. The molecular formula is C13H16BrNO5. The number of carbonyl (C=O) groups excluding carboxylic acids is 1. The molecule has 0 radical (unpaired) electrons. The fraction of sp³-hybridized carbons (Fsp3) is 0.538. The first-order valence-electron chi connectivity index (χ1n) is 6.40. The van der Waals surface area contributed by atoms with E-state index in [4.69, 9.17) is 9.15 Å². The zero-order chi connectivity index (χ0) is 14.7. The predicted octanol–water partition coefficient (Wildman–Crippen LogP) is 1.99. The molecule has 20 heavy (non-hydrogen) atoms. The van der Waals surface area contributed by atoms with Gasteiger partial charge in [0.05, 0.1) is 31.1 Å². The van der Waals surface area contributed by atoms with Gasteiger partial charge in [0.2, 0.25) is 0 Å². The molecule has 2 rings (SSSR count). The van der Waals surface area contributed by atoms with Crippen LogP contribution in [0.1, 0.15) is 23.7 Å². The molecule has 1 aliphatic rings. The van der Waals surface area contributed by atoms with Crippen molar-refractivity contribution in [2.24, 2.45) is 5.92 Å². The van der Waals surface area contributed by atoms with Gasteiger partial charge in [-0.05, 0) is 28.4 Å². The number of carboxylic acid groups (broad SMARTS) is 1. The first-order chi connectivity index (χ1) is 9.56. The van der Waals surface area contributed by atoms with Gasteiger partial charge < -0.3 is 19.2 Å².